The number of aromatic nitrogens is 2. The molecule has 2 aliphatic heterocycles. The largest absolute Gasteiger partial charge is 0.392 e. The van der Waals surface area contributed by atoms with E-state index in [1.165, 1.54) is 21.8 Å². The van der Waals surface area contributed by atoms with Gasteiger partial charge in [0.1, 0.15) is 28.8 Å². The van der Waals surface area contributed by atoms with Crippen molar-refractivity contribution in [2.24, 2.45) is 24.2 Å². The second kappa shape index (κ2) is 9.29. The van der Waals surface area contributed by atoms with Gasteiger partial charge in [0.25, 0.3) is 5.91 Å². The standard InChI is InChI=1S/C21H26F2N6O3S/c1-28-17(14-7-6-12(24)15(31-2)9-32-14)13(8-27-28)29-18(19(25)30)20(26)33-21(29)16-10(22)4-3-5-11(16)23/h3-5,8,12,14-15,21H,6-7,9,24,26H2,1-2H3,(H2,25,30)/t12-,14+,15-,21?/m0/s1/i2D3. The van der Waals surface area contributed by atoms with Gasteiger partial charge in [-0.15, -0.1) is 0 Å². The minimum absolute atomic E-state index is 0.0000886. The van der Waals surface area contributed by atoms with Gasteiger partial charge in [0.15, 0.2) is 0 Å². The first-order valence-electron chi connectivity index (χ1n) is 11.6. The zero-order valence-electron chi connectivity index (χ0n) is 20.7. The summed E-state index contributed by atoms with van der Waals surface area (Å²) in [6.45, 7) is -0.115. The van der Waals surface area contributed by atoms with Crippen LogP contribution in [0.1, 0.15) is 39.7 Å². The highest BCUT2D eigenvalue weighted by atomic mass is 32.2. The van der Waals surface area contributed by atoms with Crippen molar-refractivity contribution in [1.29, 1.82) is 0 Å². The molecular weight excluding hydrogens is 454 g/mol. The third kappa shape index (κ3) is 4.19. The first-order valence-corrected chi connectivity index (χ1v) is 11.0. The quantitative estimate of drug-likeness (QED) is 0.586. The van der Waals surface area contributed by atoms with Crippen LogP contribution in [0.5, 0.6) is 0 Å². The number of nitrogens with two attached hydrogens (primary N) is 3. The molecule has 0 bridgehead atoms. The number of carbonyl (C=O) groups excluding carboxylic acids is 1. The number of benzene rings is 1. The number of methoxy groups -OCH3 is 1. The van der Waals surface area contributed by atoms with Gasteiger partial charge in [-0.1, -0.05) is 17.8 Å². The first-order chi connectivity index (χ1) is 16.9. The molecule has 1 saturated heterocycles. The Balaban J connectivity index is 1.75. The Morgan fingerprint density at radius 2 is 2.09 bits per heavy atom. The molecule has 1 fully saturated rings. The van der Waals surface area contributed by atoms with Crippen LogP contribution >= 0.6 is 11.8 Å². The number of hydrogen-bond donors (Lipinski definition) is 3. The predicted octanol–water partition coefficient (Wildman–Crippen LogP) is 1.76. The summed E-state index contributed by atoms with van der Waals surface area (Å²) in [5, 5.41) is 3.20. The summed E-state index contributed by atoms with van der Waals surface area (Å²) < 4.78 is 64.4. The number of amides is 1. The number of ether oxygens (including phenoxy) is 2. The van der Waals surface area contributed by atoms with E-state index in [0.29, 0.717) is 24.2 Å². The molecule has 12 heteroatoms. The lowest BCUT2D eigenvalue weighted by Gasteiger charge is -2.29. The average Bonchev–Trinajstić information content (AvgIpc) is 3.25. The lowest BCUT2D eigenvalue weighted by atomic mass is 10.0. The lowest BCUT2D eigenvalue weighted by molar-refractivity contribution is -0.114. The molecular formula is C21H26F2N6O3S. The summed E-state index contributed by atoms with van der Waals surface area (Å²) in [6, 6.07) is 2.85. The highest BCUT2D eigenvalue weighted by Gasteiger charge is 2.42. The van der Waals surface area contributed by atoms with Crippen LogP contribution in [0.2, 0.25) is 0 Å². The van der Waals surface area contributed by atoms with Gasteiger partial charge in [-0.05, 0) is 25.0 Å². The molecule has 1 amide bonds. The zero-order chi connectivity index (χ0) is 26.4. The van der Waals surface area contributed by atoms with Gasteiger partial charge in [-0.2, -0.15) is 5.10 Å². The van der Waals surface area contributed by atoms with Crippen molar-refractivity contribution < 1.29 is 27.2 Å². The van der Waals surface area contributed by atoms with Gasteiger partial charge in [-0.3, -0.25) is 9.48 Å². The second-order valence-electron chi connectivity index (χ2n) is 7.81. The predicted molar refractivity (Wildman–Crippen MR) is 119 cm³/mol. The maximum Gasteiger partial charge on any atom is 0.268 e. The molecule has 4 rings (SSSR count). The van der Waals surface area contributed by atoms with Crippen molar-refractivity contribution in [3.05, 3.63) is 58.0 Å². The van der Waals surface area contributed by atoms with Crippen LogP contribution in [0.4, 0.5) is 14.5 Å². The molecule has 0 aliphatic carbocycles. The summed E-state index contributed by atoms with van der Waals surface area (Å²) in [6.07, 6.45) is 0.610. The van der Waals surface area contributed by atoms with Gasteiger partial charge >= 0.3 is 0 Å². The number of rotatable bonds is 5. The minimum Gasteiger partial charge on any atom is -0.392 e. The fraction of sp³-hybridized carbons (Fsp3) is 0.429. The Kier molecular flexibility index (Phi) is 5.57. The van der Waals surface area contributed by atoms with E-state index in [-0.39, 0.29) is 22.9 Å². The third-order valence-corrected chi connectivity index (χ3v) is 6.93. The average molecular weight is 484 g/mol. The smallest absolute Gasteiger partial charge is 0.268 e. The summed E-state index contributed by atoms with van der Waals surface area (Å²) in [7, 11) is -1.01. The Labute approximate surface area is 198 Å². The van der Waals surface area contributed by atoms with E-state index in [2.05, 4.69) is 5.10 Å². The molecule has 1 aromatic heterocycles. The molecule has 4 atom stereocenters. The zero-order valence-corrected chi connectivity index (χ0v) is 18.5. The maximum atomic E-state index is 14.8. The SMILES string of the molecule is [2H]C([2H])([2H])O[C@H]1CO[C@@H](c2c(N3C(C(N)=O)=C(N)SC3c3c(F)cccc3F)cnn2C)CC[C@@H]1N. The minimum atomic E-state index is -2.65. The van der Waals surface area contributed by atoms with Crippen LogP contribution in [-0.4, -0.2) is 41.5 Å². The van der Waals surface area contributed by atoms with Crippen LogP contribution in [0.15, 0.2) is 35.1 Å². The van der Waals surface area contributed by atoms with Crippen LogP contribution in [0, 0.1) is 11.6 Å². The van der Waals surface area contributed by atoms with E-state index in [1.54, 1.807) is 7.05 Å². The molecule has 178 valence electrons. The third-order valence-electron chi connectivity index (χ3n) is 5.81. The van der Waals surface area contributed by atoms with E-state index in [9.17, 15) is 13.6 Å². The van der Waals surface area contributed by atoms with E-state index in [4.69, 9.17) is 30.8 Å². The number of primary amides is 1. The highest BCUT2D eigenvalue weighted by Crippen LogP contribution is 2.51. The first kappa shape index (κ1) is 19.8. The Morgan fingerprint density at radius 1 is 1.36 bits per heavy atom. The Morgan fingerprint density at radius 3 is 2.76 bits per heavy atom. The number of anilines is 1. The number of halogens is 2. The summed E-state index contributed by atoms with van der Waals surface area (Å²) >= 11 is 0.884. The second-order valence-corrected chi connectivity index (χ2v) is 8.93. The molecule has 0 saturated carbocycles. The molecule has 6 N–H and O–H groups in total. The molecule has 2 aromatic rings. The number of thioether (sulfide) groups is 1. The summed E-state index contributed by atoms with van der Waals surface area (Å²) in [5.74, 6) is -2.52. The number of carbonyl (C=O) groups is 1. The number of aryl methyl sites for hydroxylation is 1. The molecule has 33 heavy (non-hydrogen) atoms. The van der Waals surface area contributed by atoms with Gasteiger partial charge in [0.05, 0.1) is 45.0 Å². The van der Waals surface area contributed by atoms with Gasteiger partial charge < -0.3 is 31.6 Å². The van der Waals surface area contributed by atoms with Crippen molar-refractivity contribution in [1.82, 2.24) is 9.78 Å². The van der Waals surface area contributed by atoms with Crippen molar-refractivity contribution in [3.63, 3.8) is 0 Å². The van der Waals surface area contributed by atoms with Crippen molar-refractivity contribution in [2.45, 2.75) is 36.5 Å². The Hall–Kier alpha value is -2.67. The fourth-order valence-corrected chi connectivity index (χ4v) is 5.38. The van der Waals surface area contributed by atoms with Gasteiger partial charge in [-0.25, -0.2) is 8.78 Å². The molecule has 2 aliphatic rings. The van der Waals surface area contributed by atoms with Crippen LogP contribution in [-0.2, 0) is 21.3 Å². The van der Waals surface area contributed by atoms with Gasteiger partial charge in [0, 0.05) is 20.1 Å². The van der Waals surface area contributed by atoms with E-state index in [0.717, 1.165) is 23.9 Å². The van der Waals surface area contributed by atoms with E-state index in [1.807, 2.05) is 0 Å². The van der Waals surface area contributed by atoms with Crippen LogP contribution in [0.25, 0.3) is 0 Å². The lowest BCUT2D eigenvalue weighted by Crippen LogP contribution is -2.37. The Bertz CT molecular complexity index is 1170. The van der Waals surface area contributed by atoms with Crippen molar-refractivity contribution in [3.8, 4) is 0 Å². The van der Waals surface area contributed by atoms with Crippen molar-refractivity contribution >= 4 is 23.4 Å². The number of nitrogens with zero attached hydrogens (tertiary/aromatic N) is 3. The van der Waals surface area contributed by atoms with Gasteiger partial charge in [0.2, 0.25) is 0 Å². The van der Waals surface area contributed by atoms with E-state index < -0.39 is 48.2 Å². The normalized spacial score (nSPS) is 27.8. The fourth-order valence-electron chi connectivity index (χ4n) is 4.17. The summed E-state index contributed by atoms with van der Waals surface area (Å²) in [4.78, 5) is 13.8. The van der Waals surface area contributed by atoms with Crippen LogP contribution in [0.3, 0.4) is 0 Å². The molecule has 0 spiro atoms. The highest BCUT2D eigenvalue weighted by molar-refractivity contribution is 8.03. The monoisotopic (exact) mass is 483 g/mol. The summed E-state index contributed by atoms with van der Waals surface area (Å²) in [5.41, 5.74) is 18.2. The topological polar surface area (TPSA) is 135 Å². The molecule has 9 nitrogen and oxygen atoms in total. The molecule has 1 aromatic carbocycles. The molecule has 0 radical (unpaired) electrons. The molecule has 3 heterocycles. The van der Waals surface area contributed by atoms with E-state index >= 15 is 0 Å². The number of hydrogen-bond acceptors (Lipinski definition) is 8. The molecule has 1 unspecified atom stereocenters. The van der Waals surface area contributed by atoms with Crippen LogP contribution < -0.4 is 22.1 Å². The maximum absolute atomic E-state index is 14.8. The van der Waals surface area contributed by atoms with Crippen molar-refractivity contribution in [2.75, 3.05) is 18.5 Å².